The molecule has 0 fully saturated rings. The molecule has 0 aromatic rings. The van der Waals surface area contributed by atoms with Gasteiger partial charge in [0.15, 0.2) is 5.11 Å². The van der Waals surface area contributed by atoms with Crippen LogP contribution in [0.1, 0.15) is 6.42 Å². The molecule has 0 amide bonds. The third kappa shape index (κ3) is 11.6. The van der Waals surface area contributed by atoms with Crippen molar-refractivity contribution in [2.45, 2.75) is 6.42 Å². The molecule has 0 rings (SSSR count). The molecule has 0 bridgehead atoms. The van der Waals surface area contributed by atoms with Crippen LogP contribution in [0, 0.1) is 0 Å². The molecule has 3 N–H and O–H groups in total. The van der Waals surface area contributed by atoms with Crippen LogP contribution < -0.4 is 15.4 Å². The minimum absolute atomic E-state index is 0.318. The number of hydrogen-bond donors (Lipinski definition) is 3. The highest BCUT2D eigenvalue weighted by molar-refractivity contribution is 7.88. The van der Waals surface area contributed by atoms with Gasteiger partial charge in [-0.05, 0) is 18.6 Å². The van der Waals surface area contributed by atoms with Gasteiger partial charge in [-0.3, -0.25) is 0 Å². The topological polar surface area (TPSA) is 79.5 Å². The van der Waals surface area contributed by atoms with E-state index in [9.17, 15) is 8.42 Å². The Morgan fingerprint density at radius 1 is 1.25 bits per heavy atom. The third-order valence-corrected chi connectivity index (χ3v) is 2.60. The van der Waals surface area contributed by atoms with Crippen LogP contribution in [0.15, 0.2) is 0 Å². The Labute approximate surface area is 102 Å². The standard InChI is InChI=1S/C8H19N3O3S2/c1-14-7-3-4-9-8(15)10-5-6-11-16(2,12)13/h11H,3-7H2,1-2H3,(H2,9,10,15). The average Bonchev–Trinajstić information content (AvgIpc) is 2.18. The van der Waals surface area contributed by atoms with E-state index in [1.54, 1.807) is 7.11 Å². The van der Waals surface area contributed by atoms with Gasteiger partial charge in [-0.1, -0.05) is 0 Å². The molecule has 0 atom stereocenters. The van der Waals surface area contributed by atoms with Gasteiger partial charge in [0.25, 0.3) is 0 Å². The molecule has 0 aliphatic carbocycles. The summed E-state index contributed by atoms with van der Waals surface area (Å²) in [7, 11) is -1.47. The van der Waals surface area contributed by atoms with Crippen LogP contribution in [0.3, 0.4) is 0 Å². The molecule has 0 saturated carbocycles. The van der Waals surface area contributed by atoms with E-state index in [1.807, 2.05) is 0 Å². The van der Waals surface area contributed by atoms with Gasteiger partial charge in [-0.2, -0.15) is 0 Å². The first-order valence-corrected chi connectivity index (χ1v) is 7.21. The summed E-state index contributed by atoms with van der Waals surface area (Å²) in [5.74, 6) is 0. The monoisotopic (exact) mass is 269 g/mol. The van der Waals surface area contributed by atoms with E-state index >= 15 is 0 Å². The van der Waals surface area contributed by atoms with Crippen LogP contribution in [0.4, 0.5) is 0 Å². The largest absolute Gasteiger partial charge is 0.385 e. The van der Waals surface area contributed by atoms with Crippen LogP contribution in [0.2, 0.25) is 0 Å². The highest BCUT2D eigenvalue weighted by Gasteiger charge is 1.99. The van der Waals surface area contributed by atoms with Crippen LogP contribution >= 0.6 is 12.2 Å². The van der Waals surface area contributed by atoms with Crippen molar-refractivity contribution in [3.8, 4) is 0 Å². The lowest BCUT2D eigenvalue weighted by Gasteiger charge is -2.10. The second-order valence-electron chi connectivity index (χ2n) is 3.20. The lowest BCUT2D eigenvalue weighted by molar-refractivity contribution is 0.195. The maximum Gasteiger partial charge on any atom is 0.208 e. The first-order valence-electron chi connectivity index (χ1n) is 4.91. The Kier molecular flexibility index (Phi) is 8.44. The molecule has 0 saturated heterocycles. The zero-order valence-electron chi connectivity index (χ0n) is 9.58. The summed E-state index contributed by atoms with van der Waals surface area (Å²) in [4.78, 5) is 0. The Bertz CT molecular complexity index is 293. The molecular weight excluding hydrogens is 250 g/mol. The van der Waals surface area contributed by atoms with Crippen molar-refractivity contribution < 1.29 is 13.2 Å². The van der Waals surface area contributed by atoms with Gasteiger partial charge in [-0.25, -0.2) is 13.1 Å². The average molecular weight is 269 g/mol. The molecule has 0 unspecified atom stereocenters. The summed E-state index contributed by atoms with van der Waals surface area (Å²) >= 11 is 4.97. The van der Waals surface area contributed by atoms with E-state index < -0.39 is 10.0 Å². The van der Waals surface area contributed by atoms with Gasteiger partial charge in [-0.15, -0.1) is 0 Å². The van der Waals surface area contributed by atoms with Gasteiger partial charge < -0.3 is 15.4 Å². The van der Waals surface area contributed by atoms with E-state index in [0.717, 1.165) is 19.2 Å². The second kappa shape index (κ2) is 8.68. The lowest BCUT2D eigenvalue weighted by Crippen LogP contribution is -2.40. The van der Waals surface area contributed by atoms with E-state index in [1.165, 1.54) is 0 Å². The van der Waals surface area contributed by atoms with Gasteiger partial charge in [0.05, 0.1) is 6.26 Å². The van der Waals surface area contributed by atoms with Crippen LogP contribution in [0.25, 0.3) is 0 Å². The normalized spacial score (nSPS) is 11.1. The third-order valence-electron chi connectivity index (χ3n) is 1.59. The summed E-state index contributed by atoms with van der Waals surface area (Å²) in [5.41, 5.74) is 0. The Balaban J connectivity index is 3.37. The zero-order valence-corrected chi connectivity index (χ0v) is 11.2. The van der Waals surface area contributed by atoms with Gasteiger partial charge in [0, 0.05) is 33.4 Å². The quantitative estimate of drug-likeness (QED) is 0.389. The van der Waals surface area contributed by atoms with Crippen LogP contribution in [0.5, 0.6) is 0 Å². The smallest absolute Gasteiger partial charge is 0.208 e. The zero-order chi connectivity index (χ0) is 12.4. The molecule has 96 valence electrons. The Hall–Kier alpha value is -0.440. The van der Waals surface area contributed by atoms with Crippen molar-refractivity contribution in [3.05, 3.63) is 0 Å². The molecule has 16 heavy (non-hydrogen) atoms. The van der Waals surface area contributed by atoms with E-state index in [-0.39, 0.29) is 0 Å². The first kappa shape index (κ1) is 15.6. The molecule has 0 spiro atoms. The molecular formula is C8H19N3O3S2. The van der Waals surface area contributed by atoms with Crippen molar-refractivity contribution in [1.29, 1.82) is 0 Å². The molecule has 0 heterocycles. The predicted molar refractivity (Wildman–Crippen MR) is 67.9 cm³/mol. The first-order chi connectivity index (χ1) is 7.45. The highest BCUT2D eigenvalue weighted by atomic mass is 32.2. The summed E-state index contributed by atoms with van der Waals surface area (Å²) in [6.07, 6.45) is 1.99. The fourth-order valence-electron chi connectivity index (χ4n) is 0.893. The minimum atomic E-state index is -3.12. The van der Waals surface area contributed by atoms with Crippen molar-refractivity contribution in [2.24, 2.45) is 0 Å². The molecule has 0 aliphatic rings. The van der Waals surface area contributed by atoms with Crippen molar-refractivity contribution in [3.63, 3.8) is 0 Å². The van der Waals surface area contributed by atoms with Crippen molar-refractivity contribution >= 4 is 27.4 Å². The SMILES string of the molecule is COCCCNC(=S)NCCNS(C)(=O)=O. The molecule has 8 heteroatoms. The highest BCUT2D eigenvalue weighted by Crippen LogP contribution is 1.77. The molecule has 0 aromatic carbocycles. The Morgan fingerprint density at radius 2 is 1.88 bits per heavy atom. The summed E-state index contributed by atoms with van der Waals surface area (Å²) < 4.78 is 28.7. The molecule has 6 nitrogen and oxygen atoms in total. The summed E-state index contributed by atoms with van der Waals surface area (Å²) in [6.45, 7) is 2.20. The molecule has 0 aliphatic heterocycles. The van der Waals surface area contributed by atoms with Crippen molar-refractivity contribution in [1.82, 2.24) is 15.4 Å². The number of rotatable bonds is 8. The Morgan fingerprint density at radius 3 is 2.44 bits per heavy atom. The summed E-state index contributed by atoms with van der Waals surface area (Å²) in [6, 6.07) is 0. The van der Waals surface area contributed by atoms with E-state index in [0.29, 0.717) is 24.8 Å². The van der Waals surface area contributed by atoms with E-state index in [2.05, 4.69) is 15.4 Å². The maximum absolute atomic E-state index is 10.7. The van der Waals surface area contributed by atoms with E-state index in [4.69, 9.17) is 17.0 Å². The number of methoxy groups -OCH3 is 1. The molecule has 0 radical (unpaired) electrons. The van der Waals surface area contributed by atoms with Crippen LogP contribution in [-0.2, 0) is 14.8 Å². The second-order valence-corrected chi connectivity index (χ2v) is 5.44. The van der Waals surface area contributed by atoms with Gasteiger partial charge >= 0.3 is 0 Å². The minimum Gasteiger partial charge on any atom is -0.385 e. The number of thiocarbonyl (C=S) groups is 1. The van der Waals surface area contributed by atoms with Crippen LogP contribution in [-0.4, -0.2) is 53.1 Å². The van der Waals surface area contributed by atoms with Gasteiger partial charge in [0.1, 0.15) is 0 Å². The number of sulfonamides is 1. The van der Waals surface area contributed by atoms with Gasteiger partial charge in [0.2, 0.25) is 10.0 Å². The number of nitrogens with one attached hydrogen (secondary N) is 3. The van der Waals surface area contributed by atoms with Crippen molar-refractivity contribution in [2.75, 3.05) is 39.6 Å². The predicted octanol–water partition coefficient (Wildman–Crippen LogP) is -0.964. The maximum atomic E-state index is 10.7. The lowest BCUT2D eigenvalue weighted by atomic mass is 10.4. The number of ether oxygens (including phenoxy) is 1. The fraction of sp³-hybridized carbons (Fsp3) is 0.875. The fourth-order valence-corrected chi connectivity index (χ4v) is 1.57. The number of hydrogen-bond acceptors (Lipinski definition) is 4. The molecule has 0 aromatic heterocycles. The summed E-state index contributed by atoms with van der Waals surface area (Å²) in [5, 5.41) is 6.38.